The number of aliphatic imine (C=N–C) groups is 1. The van der Waals surface area contributed by atoms with Crippen LogP contribution in [0.15, 0.2) is 23.2 Å². The standard InChI is InChI=1S/C20H29N3O4.HI/c1-3-21-20(23-9-7-16(8-10-23)19(24)25-2)22-14-15-5-6-17-18(13-15)27-12-4-11-26-17;/h5-6,13,16H,3-4,7-12,14H2,1-2H3,(H,21,22);1H. The topological polar surface area (TPSA) is 72.4 Å². The Balaban J connectivity index is 0.00000280. The van der Waals surface area contributed by atoms with Gasteiger partial charge in [-0.3, -0.25) is 4.79 Å². The number of guanidine groups is 1. The molecule has 1 N–H and O–H groups in total. The second-order valence-electron chi connectivity index (χ2n) is 6.79. The van der Waals surface area contributed by atoms with Gasteiger partial charge in [0.05, 0.1) is 32.8 Å². The molecule has 0 aromatic heterocycles. The zero-order chi connectivity index (χ0) is 19.1. The fourth-order valence-electron chi connectivity index (χ4n) is 3.39. The Bertz CT molecular complexity index is 675. The van der Waals surface area contributed by atoms with E-state index in [1.807, 2.05) is 18.2 Å². The van der Waals surface area contributed by atoms with E-state index in [1.165, 1.54) is 7.11 Å². The number of nitrogens with zero attached hydrogens (tertiary/aromatic N) is 2. The molecule has 1 aromatic rings. The van der Waals surface area contributed by atoms with Gasteiger partial charge in [-0.1, -0.05) is 6.07 Å². The number of piperidine rings is 1. The molecule has 0 saturated carbocycles. The third kappa shape index (κ3) is 5.89. The van der Waals surface area contributed by atoms with Crippen molar-refractivity contribution in [1.82, 2.24) is 10.2 Å². The van der Waals surface area contributed by atoms with Crippen LogP contribution in [0.2, 0.25) is 0 Å². The summed E-state index contributed by atoms with van der Waals surface area (Å²) in [7, 11) is 1.45. The van der Waals surface area contributed by atoms with Crippen molar-refractivity contribution in [1.29, 1.82) is 0 Å². The lowest BCUT2D eigenvalue weighted by atomic mass is 9.97. The Morgan fingerprint density at radius 2 is 1.96 bits per heavy atom. The van der Waals surface area contributed by atoms with Crippen LogP contribution >= 0.6 is 24.0 Å². The number of hydrogen-bond acceptors (Lipinski definition) is 5. The van der Waals surface area contributed by atoms with E-state index < -0.39 is 0 Å². The molecule has 0 spiro atoms. The first-order valence-electron chi connectivity index (χ1n) is 9.71. The Morgan fingerprint density at radius 3 is 2.64 bits per heavy atom. The van der Waals surface area contributed by atoms with Crippen LogP contribution in [0.5, 0.6) is 11.5 Å². The Labute approximate surface area is 183 Å². The third-order valence-corrected chi connectivity index (χ3v) is 4.89. The molecule has 2 aliphatic heterocycles. The normalized spacial score (nSPS) is 17.4. The molecular weight excluding hydrogens is 473 g/mol. The fraction of sp³-hybridized carbons (Fsp3) is 0.600. The molecule has 0 atom stereocenters. The molecule has 7 nitrogen and oxygen atoms in total. The van der Waals surface area contributed by atoms with Crippen LogP contribution in [0.25, 0.3) is 0 Å². The van der Waals surface area contributed by atoms with Crippen LogP contribution in [0, 0.1) is 5.92 Å². The number of halogens is 1. The number of likely N-dealkylation sites (tertiary alicyclic amines) is 1. The minimum Gasteiger partial charge on any atom is -0.490 e. The number of methoxy groups -OCH3 is 1. The molecule has 0 bridgehead atoms. The molecule has 28 heavy (non-hydrogen) atoms. The van der Waals surface area contributed by atoms with Crippen molar-refractivity contribution >= 4 is 35.9 Å². The molecule has 2 heterocycles. The lowest BCUT2D eigenvalue weighted by molar-refractivity contribution is -0.146. The van der Waals surface area contributed by atoms with Crippen LogP contribution < -0.4 is 14.8 Å². The van der Waals surface area contributed by atoms with Gasteiger partial charge < -0.3 is 24.4 Å². The molecule has 8 heteroatoms. The van der Waals surface area contributed by atoms with Gasteiger partial charge in [0.2, 0.25) is 0 Å². The Hall–Kier alpha value is -1.71. The highest BCUT2D eigenvalue weighted by molar-refractivity contribution is 14.0. The van der Waals surface area contributed by atoms with Gasteiger partial charge in [-0.15, -0.1) is 24.0 Å². The number of benzene rings is 1. The first-order chi connectivity index (χ1) is 13.2. The van der Waals surface area contributed by atoms with Gasteiger partial charge in [0.1, 0.15) is 0 Å². The third-order valence-electron chi connectivity index (χ3n) is 4.89. The molecule has 3 rings (SSSR count). The van der Waals surface area contributed by atoms with E-state index in [0.29, 0.717) is 19.8 Å². The van der Waals surface area contributed by atoms with Crippen molar-refractivity contribution in [3.63, 3.8) is 0 Å². The van der Waals surface area contributed by atoms with Crippen molar-refractivity contribution in [3.8, 4) is 11.5 Å². The number of carbonyl (C=O) groups excluding carboxylic acids is 1. The summed E-state index contributed by atoms with van der Waals surface area (Å²) >= 11 is 0. The van der Waals surface area contributed by atoms with Crippen molar-refractivity contribution in [3.05, 3.63) is 23.8 Å². The molecule has 0 unspecified atom stereocenters. The molecule has 0 radical (unpaired) electrons. The van der Waals surface area contributed by atoms with E-state index in [1.54, 1.807) is 0 Å². The maximum atomic E-state index is 11.7. The largest absolute Gasteiger partial charge is 0.490 e. The van der Waals surface area contributed by atoms with Crippen LogP contribution in [0.3, 0.4) is 0 Å². The molecule has 0 aliphatic carbocycles. The average Bonchev–Trinajstić information content (AvgIpc) is 2.95. The highest BCUT2D eigenvalue weighted by Gasteiger charge is 2.27. The van der Waals surface area contributed by atoms with Crippen molar-refractivity contribution < 1.29 is 19.0 Å². The first-order valence-corrected chi connectivity index (χ1v) is 9.71. The molecule has 1 aromatic carbocycles. The average molecular weight is 503 g/mol. The summed E-state index contributed by atoms with van der Waals surface area (Å²) in [5.41, 5.74) is 1.08. The summed E-state index contributed by atoms with van der Waals surface area (Å²) < 4.78 is 16.3. The van der Waals surface area contributed by atoms with Gasteiger partial charge in [0, 0.05) is 26.1 Å². The fourth-order valence-corrected chi connectivity index (χ4v) is 3.39. The first kappa shape index (κ1) is 22.6. The summed E-state index contributed by atoms with van der Waals surface area (Å²) in [6.07, 6.45) is 2.48. The van der Waals surface area contributed by atoms with Crippen LogP contribution in [0.1, 0.15) is 31.7 Å². The Morgan fingerprint density at radius 1 is 1.25 bits per heavy atom. The van der Waals surface area contributed by atoms with Crippen LogP contribution in [-0.4, -0.2) is 56.8 Å². The molecule has 1 fully saturated rings. The van der Waals surface area contributed by atoms with E-state index >= 15 is 0 Å². The van der Waals surface area contributed by atoms with Crippen molar-refractivity contribution in [2.24, 2.45) is 10.9 Å². The highest BCUT2D eigenvalue weighted by Crippen LogP contribution is 2.30. The number of hydrogen-bond donors (Lipinski definition) is 1. The summed E-state index contributed by atoms with van der Waals surface area (Å²) in [6, 6.07) is 6.00. The van der Waals surface area contributed by atoms with E-state index in [4.69, 9.17) is 19.2 Å². The quantitative estimate of drug-likeness (QED) is 0.295. The SMILES string of the molecule is CCNC(=NCc1ccc2c(c1)OCCCO2)N1CCC(C(=O)OC)CC1.I. The van der Waals surface area contributed by atoms with Gasteiger partial charge in [0.25, 0.3) is 0 Å². The number of carbonyl (C=O) groups is 1. The predicted octanol–water partition coefficient (Wildman–Crippen LogP) is 2.82. The predicted molar refractivity (Wildman–Crippen MR) is 119 cm³/mol. The maximum absolute atomic E-state index is 11.7. The van der Waals surface area contributed by atoms with Gasteiger partial charge in [0.15, 0.2) is 17.5 Å². The molecule has 1 saturated heterocycles. The number of nitrogens with one attached hydrogen (secondary N) is 1. The second kappa shape index (κ2) is 11.3. The van der Waals surface area contributed by atoms with E-state index in [2.05, 4.69) is 17.1 Å². The minimum atomic E-state index is -0.108. The second-order valence-corrected chi connectivity index (χ2v) is 6.79. The molecule has 2 aliphatic rings. The summed E-state index contributed by atoms with van der Waals surface area (Å²) in [4.78, 5) is 18.7. The Kier molecular flexibility index (Phi) is 9.14. The van der Waals surface area contributed by atoms with E-state index in [9.17, 15) is 4.79 Å². The van der Waals surface area contributed by atoms with Gasteiger partial charge in [-0.2, -0.15) is 0 Å². The summed E-state index contributed by atoms with van der Waals surface area (Å²) in [5.74, 6) is 2.37. The van der Waals surface area contributed by atoms with Crippen LogP contribution in [0.4, 0.5) is 0 Å². The zero-order valence-electron chi connectivity index (χ0n) is 16.6. The van der Waals surface area contributed by atoms with E-state index in [0.717, 1.165) is 61.9 Å². The highest BCUT2D eigenvalue weighted by atomic mass is 127. The molecule has 0 amide bonds. The molecule has 156 valence electrons. The smallest absolute Gasteiger partial charge is 0.308 e. The monoisotopic (exact) mass is 503 g/mol. The van der Waals surface area contributed by atoms with Crippen molar-refractivity contribution in [2.75, 3.05) is 40.0 Å². The number of ether oxygens (including phenoxy) is 3. The van der Waals surface area contributed by atoms with Gasteiger partial charge in [-0.25, -0.2) is 4.99 Å². The number of fused-ring (bicyclic) bond motifs is 1. The van der Waals surface area contributed by atoms with E-state index in [-0.39, 0.29) is 35.9 Å². The van der Waals surface area contributed by atoms with Gasteiger partial charge in [-0.05, 0) is 37.5 Å². The number of esters is 1. The lowest BCUT2D eigenvalue weighted by Gasteiger charge is -2.33. The van der Waals surface area contributed by atoms with Crippen molar-refractivity contribution in [2.45, 2.75) is 32.7 Å². The summed E-state index contributed by atoms with van der Waals surface area (Å²) in [6.45, 7) is 6.39. The summed E-state index contributed by atoms with van der Waals surface area (Å²) in [5, 5.41) is 3.36. The molecular formula is C20H30IN3O4. The lowest BCUT2D eigenvalue weighted by Crippen LogP contribution is -2.46. The minimum absolute atomic E-state index is 0. The zero-order valence-corrected chi connectivity index (χ0v) is 18.9. The van der Waals surface area contributed by atoms with Crippen LogP contribution in [-0.2, 0) is 16.1 Å². The van der Waals surface area contributed by atoms with Gasteiger partial charge >= 0.3 is 5.97 Å². The maximum Gasteiger partial charge on any atom is 0.308 e. The number of rotatable bonds is 4.